The molecule has 20 heavy (non-hydrogen) atoms. The summed E-state index contributed by atoms with van der Waals surface area (Å²) in [6, 6.07) is 0.413. The maximum Gasteiger partial charge on any atom is 0.574 e. The zero-order valence-electron chi connectivity index (χ0n) is 9.40. The van der Waals surface area contributed by atoms with Crippen LogP contribution in [0.1, 0.15) is 15.9 Å². The Hall–Kier alpha value is -1.27. The number of ether oxygens (including phenoxy) is 2. The predicted octanol–water partition coefficient (Wildman–Crippen LogP) is 3.39. The highest BCUT2D eigenvalue weighted by Crippen LogP contribution is 2.37. The van der Waals surface area contributed by atoms with Crippen molar-refractivity contribution in [2.24, 2.45) is 0 Å². The molecule has 1 heterocycles. The van der Waals surface area contributed by atoms with E-state index < -0.39 is 39.2 Å². The van der Waals surface area contributed by atoms with Gasteiger partial charge in [-0.3, -0.25) is 0 Å². The molecule has 0 saturated heterocycles. The fraction of sp³-hybridized carbons (Fsp3) is 0.333. The number of alkyl halides is 6. The van der Waals surface area contributed by atoms with Gasteiger partial charge in [0, 0.05) is 0 Å². The van der Waals surface area contributed by atoms with Gasteiger partial charge in [0.1, 0.15) is 9.26 Å². The van der Waals surface area contributed by atoms with E-state index in [4.69, 9.17) is 0 Å². The Kier molecular flexibility index (Phi) is 4.71. The predicted molar refractivity (Wildman–Crippen MR) is 60.0 cm³/mol. The normalized spacial score (nSPS) is 12.2. The minimum Gasteiger partial charge on any atom is -0.465 e. The molecule has 0 radical (unpaired) electrons. The lowest BCUT2D eigenvalue weighted by molar-refractivity contribution is -0.276. The first kappa shape index (κ1) is 16.8. The average molecular weight is 415 g/mol. The van der Waals surface area contributed by atoms with E-state index in [2.05, 4.69) is 14.5 Å². The fourth-order valence-electron chi connectivity index (χ4n) is 1.20. The van der Waals surface area contributed by atoms with Crippen molar-refractivity contribution in [3.8, 4) is 5.88 Å². The van der Waals surface area contributed by atoms with E-state index >= 15 is 0 Å². The first-order valence-corrected chi connectivity index (χ1v) is 5.65. The molecule has 1 aromatic heterocycles. The number of rotatable bonds is 2. The summed E-state index contributed by atoms with van der Waals surface area (Å²) >= 11 is 1.26. The van der Waals surface area contributed by atoms with Gasteiger partial charge < -0.3 is 9.47 Å². The highest BCUT2D eigenvalue weighted by molar-refractivity contribution is 14.1. The SMILES string of the molecule is COC(=O)c1c(C(F)(F)F)cc(I)nc1OC(F)(F)F. The van der Waals surface area contributed by atoms with Crippen LogP contribution in [0.3, 0.4) is 0 Å². The van der Waals surface area contributed by atoms with Crippen molar-refractivity contribution in [2.75, 3.05) is 7.11 Å². The molecular formula is C9H4F6INO3. The molecule has 11 heteroatoms. The first-order valence-electron chi connectivity index (χ1n) is 4.57. The second kappa shape index (κ2) is 5.61. The molecule has 0 bridgehead atoms. The van der Waals surface area contributed by atoms with Crippen LogP contribution in [0.25, 0.3) is 0 Å². The lowest BCUT2D eigenvalue weighted by Gasteiger charge is -2.16. The maximum absolute atomic E-state index is 12.8. The lowest BCUT2D eigenvalue weighted by atomic mass is 10.1. The molecule has 0 unspecified atom stereocenters. The molecule has 0 aliphatic carbocycles. The Morgan fingerprint density at radius 2 is 1.80 bits per heavy atom. The van der Waals surface area contributed by atoms with Crippen LogP contribution in [-0.2, 0) is 10.9 Å². The second-order valence-electron chi connectivity index (χ2n) is 3.21. The summed E-state index contributed by atoms with van der Waals surface area (Å²) in [5.41, 5.74) is -3.05. The average Bonchev–Trinajstić information content (AvgIpc) is 2.23. The first-order chi connectivity index (χ1) is 8.95. The number of hydrogen-bond donors (Lipinski definition) is 0. The van der Waals surface area contributed by atoms with Crippen LogP contribution < -0.4 is 4.74 Å². The lowest BCUT2D eigenvalue weighted by Crippen LogP contribution is -2.23. The Morgan fingerprint density at radius 3 is 2.20 bits per heavy atom. The van der Waals surface area contributed by atoms with Crippen LogP contribution in [0.5, 0.6) is 5.88 Å². The number of carbonyl (C=O) groups excluding carboxylic acids is 1. The summed E-state index contributed by atoms with van der Waals surface area (Å²) in [6.07, 6.45) is -10.4. The van der Waals surface area contributed by atoms with Crippen molar-refractivity contribution in [3.05, 3.63) is 20.9 Å². The standard InChI is InChI=1S/C9H4F6INO3/c1-19-7(18)5-3(8(10,11)12)2-4(16)17-6(5)20-9(13,14)15/h2H,1H3. The number of nitrogens with zero attached hydrogens (tertiary/aromatic N) is 1. The minimum atomic E-state index is -5.30. The molecule has 0 aromatic carbocycles. The van der Waals surface area contributed by atoms with E-state index in [1.807, 2.05) is 0 Å². The van der Waals surface area contributed by atoms with E-state index in [1.165, 1.54) is 22.6 Å². The van der Waals surface area contributed by atoms with Crippen LogP contribution >= 0.6 is 22.6 Å². The highest BCUT2D eigenvalue weighted by atomic mass is 127. The Bertz CT molecular complexity index is 528. The Labute approximate surface area is 121 Å². The van der Waals surface area contributed by atoms with Crippen molar-refractivity contribution in [2.45, 2.75) is 12.5 Å². The number of hydrogen-bond acceptors (Lipinski definition) is 4. The van der Waals surface area contributed by atoms with Crippen molar-refractivity contribution in [1.29, 1.82) is 0 Å². The molecule has 0 amide bonds. The molecule has 0 N–H and O–H groups in total. The van der Waals surface area contributed by atoms with Gasteiger partial charge in [-0.1, -0.05) is 0 Å². The molecule has 112 valence electrons. The summed E-state index contributed by atoms with van der Waals surface area (Å²) in [7, 11) is 0.720. The van der Waals surface area contributed by atoms with Crippen LogP contribution in [0.4, 0.5) is 26.3 Å². The van der Waals surface area contributed by atoms with Gasteiger partial charge in [0.05, 0.1) is 12.7 Å². The fourth-order valence-corrected chi connectivity index (χ4v) is 1.73. The second-order valence-corrected chi connectivity index (χ2v) is 4.32. The monoisotopic (exact) mass is 415 g/mol. The van der Waals surface area contributed by atoms with E-state index in [9.17, 15) is 31.1 Å². The van der Waals surface area contributed by atoms with Crippen molar-refractivity contribution in [3.63, 3.8) is 0 Å². The third-order valence-corrected chi connectivity index (χ3v) is 2.41. The maximum atomic E-state index is 12.8. The summed E-state index contributed by atoms with van der Waals surface area (Å²) in [6.45, 7) is 0. The Morgan fingerprint density at radius 1 is 1.25 bits per heavy atom. The summed E-state index contributed by atoms with van der Waals surface area (Å²) < 4.78 is 81.7. The third kappa shape index (κ3) is 4.11. The van der Waals surface area contributed by atoms with Gasteiger partial charge in [0.2, 0.25) is 5.88 Å². The number of aromatic nitrogens is 1. The highest BCUT2D eigenvalue weighted by Gasteiger charge is 2.42. The van der Waals surface area contributed by atoms with Gasteiger partial charge in [-0.05, 0) is 28.7 Å². The van der Waals surface area contributed by atoms with Gasteiger partial charge in [-0.15, -0.1) is 13.2 Å². The molecule has 0 fully saturated rings. The minimum absolute atomic E-state index is 0.413. The largest absolute Gasteiger partial charge is 0.574 e. The van der Waals surface area contributed by atoms with Crippen molar-refractivity contribution in [1.82, 2.24) is 4.98 Å². The molecule has 0 aliphatic rings. The third-order valence-electron chi connectivity index (χ3n) is 1.86. The number of pyridine rings is 1. The van der Waals surface area contributed by atoms with E-state index in [0.29, 0.717) is 6.07 Å². The number of carbonyl (C=O) groups is 1. The van der Waals surface area contributed by atoms with E-state index in [1.54, 1.807) is 0 Å². The van der Waals surface area contributed by atoms with Crippen molar-refractivity contribution >= 4 is 28.6 Å². The van der Waals surface area contributed by atoms with Crippen molar-refractivity contribution < 1.29 is 40.6 Å². The number of esters is 1. The number of halogens is 7. The zero-order chi connectivity index (χ0) is 15.7. The van der Waals surface area contributed by atoms with Crippen LogP contribution in [0, 0.1) is 3.70 Å². The van der Waals surface area contributed by atoms with Gasteiger partial charge in [-0.2, -0.15) is 13.2 Å². The molecule has 1 rings (SSSR count). The Balaban J connectivity index is 3.57. The zero-order valence-corrected chi connectivity index (χ0v) is 11.6. The molecule has 0 saturated carbocycles. The molecule has 0 spiro atoms. The van der Waals surface area contributed by atoms with Gasteiger partial charge in [0.25, 0.3) is 0 Å². The topological polar surface area (TPSA) is 48.4 Å². The molecule has 0 atom stereocenters. The quantitative estimate of drug-likeness (QED) is 0.322. The molecule has 4 nitrogen and oxygen atoms in total. The van der Waals surface area contributed by atoms with Crippen LogP contribution in [0.15, 0.2) is 6.07 Å². The summed E-state index contributed by atoms with van der Waals surface area (Å²) in [5, 5.41) is 0. The van der Waals surface area contributed by atoms with Gasteiger partial charge >= 0.3 is 18.5 Å². The molecule has 0 aliphatic heterocycles. The van der Waals surface area contributed by atoms with Crippen LogP contribution in [0.2, 0.25) is 0 Å². The summed E-state index contributed by atoms with van der Waals surface area (Å²) in [5.74, 6) is -3.15. The van der Waals surface area contributed by atoms with E-state index in [-0.39, 0.29) is 0 Å². The van der Waals surface area contributed by atoms with Gasteiger partial charge in [-0.25, -0.2) is 9.78 Å². The smallest absolute Gasteiger partial charge is 0.465 e. The van der Waals surface area contributed by atoms with Gasteiger partial charge in [0.15, 0.2) is 0 Å². The van der Waals surface area contributed by atoms with Crippen LogP contribution in [-0.4, -0.2) is 24.4 Å². The molecular weight excluding hydrogens is 411 g/mol. The summed E-state index contributed by atoms with van der Waals surface area (Å²) in [4.78, 5) is 14.4. The van der Waals surface area contributed by atoms with E-state index in [0.717, 1.165) is 7.11 Å². The number of methoxy groups -OCH3 is 1. The molecule has 1 aromatic rings.